The molecule has 1 aliphatic rings. The van der Waals surface area contributed by atoms with Crippen molar-refractivity contribution in [2.24, 2.45) is 11.8 Å². The minimum Gasteiger partial charge on any atom is -0.314 e. The van der Waals surface area contributed by atoms with Gasteiger partial charge in [-0.1, -0.05) is 13.8 Å². The summed E-state index contributed by atoms with van der Waals surface area (Å²) in [5.41, 5.74) is 0. The Hall–Kier alpha value is -0.550. The molecule has 0 aromatic carbocycles. The molecule has 0 aliphatic heterocycles. The maximum absolute atomic E-state index is 8.41. The normalized spacial score (nSPS) is 32.5. The Bertz CT molecular complexity index is 185. The molecular weight excluding hydrogens is 172 g/mol. The van der Waals surface area contributed by atoms with Gasteiger partial charge in [-0.25, -0.2) is 0 Å². The van der Waals surface area contributed by atoms with Crippen LogP contribution in [0.5, 0.6) is 0 Å². The maximum atomic E-state index is 8.41. The molecule has 2 heteroatoms. The second-order valence-corrected chi connectivity index (χ2v) is 4.83. The van der Waals surface area contributed by atoms with Gasteiger partial charge >= 0.3 is 0 Å². The highest BCUT2D eigenvalue weighted by molar-refractivity contribution is 4.80. The second kappa shape index (κ2) is 6.03. The van der Waals surface area contributed by atoms with Crippen LogP contribution in [0, 0.1) is 23.2 Å². The molecule has 2 unspecified atom stereocenters. The van der Waals surface area contributed by atoms with Gasteiger partial charge in [0.15, 0.2) is 0 Å². The number of nitrogens with zero attached hydrogens (tertiary/aromatic N) is 1. The van der Waals surface area contributed by atoms with Crippen LogP contribution in [0.3, 0.4) is 0 Å². The van der Waals surface area contributed by atoms with Crippen LogP contribution in [0.25, 0.3) is 0 Å². The molecule has 1 saturated carbocycles. The third kappa shape index (κ3) is 4.11. The Morgan fingerprint density at radius 1 is 1.21 bits per heavy atom. The average molecular weight is 194 g/mol. The van der Waals surface area contributed by atoms with Gasteiger partial charge < -0.3 is 5.32 Å². The van der Waals surface area contributed by atoms with Crippen molar-refractivity contribution >= 4 is 0 Å². The largest absolute Gasteiger partial charge is 0.314 e. The Labute approximate surface area is 87.7 Å². The van der Waals surface area contributed by atoms with Gasteiger partial charge in [0.25, 0.3) is 0 Å². The minimum absolute atomic E-state index is 0.685. The maximum Gasteiger partial charge on any atom is 0.0622 e. The molecule has 2 atom stereocenters. The van der Waals surface area contributed by atoms with Gasteiger partial charge in [-0.2, -0.15) is 5.26 Å². The van der Waals surface area contributed by atoms with Crippen LogP contribution in [0.2, 0.25) is 0 Å². The molecule has 0 heterocycles. The number of hydrogen-bond donors (Lipinski definition) is 1. The summed E-state index contributed by atoms with van der Waals surface area (Å²) in [6, 6.07) is 2.88. The van der Waals surface area contributed by atoms with Crippen LogP contribution < -0.4 is 5.32 Å². The molecule has 2 nitrogen and oxygen atoms in total. The zero-order chi connectivity index (χ0) is 10.4. The van der Waals surface area contributed by atoms with Crippen LogP contribution in [0.15, 0.2) is 0 Å². The van der Waals surface area contributed by atoms with E-state index in [1.54, 1.807) is 0 Å². The van der Waals surface area contributed by atoms with Crippen LogP contribution >= 0.6 is 0 Å². The lowest BCUT2D eigenvalue weighted by Crippen LogP contribution is -2.36. The van der Waals surface area contributed by atoms with Crippen molar-refractivity contribution in [3.63, 3.8) is 0 Å². The third-order valence-corrected chi connectivity index (χ3v) is 3.08. The Balaban J connectivity index is 2.14. The lowest BCUT2D eigenvalue weighted by molar-refractivity contribution is 0.239. The van der Waals surface area contributed by atoms with E-state index in [4.69, 9.17) is 5.26 Å². The number of nitrogens with one attached hydrogen (secondary N) is 1. The summed E-state index contributed by atoms with van der Waals surface area (Å²) in [7, 11) is 0. The van der Waals surface area contributed by atoms with Gasteiger partial charge in [0.05, 0.1) is 6.07 Å². The Morgan fingerprint density at radius 3 is 2.43 bits per heavy atom. The van der Waals surface area contributed by atoms with E-state index in [2.05, 4.69) is 25.2 Å². The van der Waals surface area contributed by atoms with Gasteiger partial charge in [-0.3, -0.25) is 0 Å². The third-order valence-electron chi connectivity index (χ3n) is 3.08. The lowest BCUT2D eigenvalue weighted by Gasteiger charge is -2.32. The van der Waals surface area contributed by atoms with Crippen LogP contribution in [-0.2, 0) is 0 Å². The molecule has 14 heavy (non-hydrogen) atoms. The topological polar surface area (TPSA) is 35.8 Å². The van der Waals surface area contributed by atoms with E-state index in [9.17, 15) is 0 Å². The van der Waals surface area contributed by atoms with E-state index in [1.807, 2.05) is 0 Å². The van der Waals surface area contributed by atoms with Gasteiger partial charge in [0.2, 0.25) is 0 Å². The van der Waals surface area contributed by atoms with Gasteiger partial charge in [-0.05, 0) is 44.1 Å². The smallest absolute Gasteiger partial charge is 0.0622 e. The predicted octanol–water partition coefficient (Wildman–Crippen LogP) is 2.70. The summed E-state index contributed by atoms with van der Waals surface area (Å²) < 4.78 is 0. The molecule has 0 aromatic heterocycles. The van der Waals surface area contributed by atoms with E-state index >= 15 is 0 Å². The Morgan fingerprint density at radius 2 is 1.86 bits per heavy atom. The molecule has 80 valence electrons. The number of unbranched alkanes of at least 4 members (excludes halogenated alkanes) is 1. The number of nitriles is 1. The van der Waals surface area contributed by atoms with E-state index in [0.717, 1.165) is 24.8 Å². The highest BCUT2D eigenvalue weighted by atomic mass is 14.9. The summed E-state index contributed by atoms with van der Waals surface area (Å²) in [5.74, 6) is 1.74. The quantitative estimate of drug-likeness (QED) is 0.698. The van der Waals surface area contributed by atoms with Crippen molar-refractivity contribution in [1.29, 1.82) is 5.26 Å². The van der Waals surface area contributed by atoms with Crippen molar-refractivity contribution in [3.8, 4) is 6.07 Å². The number of rotatable bonds is 4. The van der Waals surface area contributed by atoms with Gasteiger partial charge in [0, 0.05) is 12.5 Å². The van der Waals surface area contributed by atoms with Crippen LogP contribution in [-0.4, -0.2) is 12.6 Å². The molecule has 1 fully saturated rings. The fourth-order valence-corrected chi connectivity index (χ4v) is 2.59. The summed E-state index contributed by atoms with van der Waals surface area (Å²) in [6.07, 6.45) is 5.70. The molecule has 0 spiro atoms. The molecule has 0 saturated heterocycles. The van der Waals surface area contributed by atoms with Crippen LogP contribution in [0.1, 0.15) is 46.0 Å². The van der Waals surface area contributed by atoms with Crippen molar-refractivity contribution < 1.29 is 0 Å². The van der Waals surface area contributed by atoms with Gasteiger partial charge in [0.1, 0.15) is 0 Å². The van der Waals surface area contributed by atoms with Crippen molar-refractivity contribution in [2.45, 2.75) is 52.0 Å². The van der Waals surface area contributed by atoms with Crippen molar-refractivity contribution in [3.05, 3.63) is 0 Å². The first-order valence-electron chi connectivity index (χ1n) is 5.82. The molecule has 0 amide bonds. The van der Waals surface area contributed by atoms with Crippen LogP contribution in [0.4, 0.5) is 0 Å². The zero-order valence-corrected chi connectivity index (χ0v) is 9.42. The molecule has 0 bridgehead atoms. The zero-order valence-electron chi connectivity index (χ0n) is 9.42. The van der Waals surface area contributed by atoms with E-state index in [1.165, 1.54) is 19.3 Å². The predicted molar refractivity (Wildman–Crippen MR) is 58.8 cm³/mol. The summed E-state index contributed by atoms with van der Waals surface area (Å²) in [5, 5.41) is 12.0. The first kappa shape index (κ1) is 11.5. The summed E-state index contributed by atoms with van der Waals surface area (Å²) in [6.45, 7) is 5.71. The average Bonchev–Trinajstić information content (AvgIpc) is 2.11. The first-order valence-corrected chi connectivity index (χ1v) is 5.82. The SMILES string of the molecule is CC1CC(C)CC(NCCCC#N)C1. The van der Waals surface area contributed by atoms with E-state index in [-0.39, 0.29) is 0 Å². The molecule has 1 aliphatic carbocycles. The number of hydrogen-bond acceptors (Lipinski definition) is 2. The summed E-state index contributed by atoms with van der Waals surface area (Å²) >= 11 is 0. The standard InChI is InChI=1S/C12H22N2/c1-10-7-11(2)9-12(8-10)14-6-4-3-5-13/h10-12,14H,3-4,6-9H2,1-2H3. The van der Waals surface area contributed by atoms with E-state index < -0.39 is 0 Å². The Kier molecular flexibility index (Phi) is 4.97. The monoisotopic (exact) mass is 194 g/mol. The first-order chi connectivity index (χ1) is 6.72. The molecule has 1 N–H and O–H groups in total. The van der Waals surface area contributed by atoms with Crippen molar-refractivity contribution in [1.82, 2.24) is 5.32 Å². The highest BCUT2D eigenvalue weighted by Crippen LogP contribution is 2.28. The van der Waals surface area contributed by atoms with E-state index in [0.29, 0.717) is 12.5 Å². The molecule has 0 radical (unpaired) electrons. The second-order valence-electron chi connectivity index (χ2n) is 4.83. The fourth-order valence-electron chi connectivity index (χ4n) is 2.59. The molecule has 1 rings (SSSR count). The van der Waals surface area contributed by atoms with Gasteiger partial charge in [-0.15, -0.1) is 0 Å². The molecular formula is C12H22N2. The molecule has 0 aromatic rings. The lowest BCUT2D eigenvalue weighted by atomic mass is 9.80. The highest BCUT2D eigenvalue weighted by Gasteiger charge is 2.22. The fraction of sp³-hybridized carbons (Fsp3) is 0.917. The van der Waals surface area contributed by atoms with Crippen molar-refractivity contribution in [2.75, 3.05) is 6.54 Å². The minimum atomic E-state index is 0.685. The summed E-state index contributed by atoms with van der Waals surface area (Å²) in [4.78, 5) is 0.